The van der Waals surface area contributed by atoms with Crippen molar-refractivity contribution in [2.75, 3.05) is 19.0 Å². The lowest BCUT2D eigenvalue weighted by molar-refractivity contribution is -0.139. The smallest absolute Gasteiger partial charge is 0.310 e. The normalized spacial score (nSPS) is 10.2. The molecule has 0 aliphatic heterocycles. The molecule has 7 heteroatoms. The van der Waals surface area contributed by atoms with Crippen molar-refractivity contribution in [3.05, 3.63) is 40.4 Å². The van der Waals surface area contributed by atoms with Crippen LogP contribution in [0.4, 0.5) is 5.13 Å². The number of hydrogen-bond acceptors (Lipinski definition) is 6. The summed E-state index contributed by atoms with van der Waals surface area (Å²) in [7, 11) is 1.34. The quantitative estimate of drug-likeness (QED) is 0.822. The zero-order valence-corrected chi connectivity index (χ0v) is 14.0. The highest BCUT2D eigenvalue weighted by atomic mass is 32.1. The van der Waals surface area contributed by atoms with Gasteiger partial charge >= 0.3 is 5.97 Å². The maximum Gasteiger partial charge on any atom is 0.310 e. The summed E-state index contributed by atoms with van der Waals surface area (Å²) in [5.41, 5.74) is 1.22. The van der Waals surface area contributed by atoms with Gasteiger partial charge in [0.15, 0.2) is 5.13 Å². The zero-order chi connectivity index (χ0) is 16.8. The van der Waals surface area contributed by atoms with Crippen molar-refractivity contribution >= 4 is 28.3 Å². The number of nitrogens with zero attached hydrogens (tertiary/aromatic N) is 1. The van der Waals surface area contributed by atoms with Crippen LogP contribution >= 0.6 is 11.3 Å². The van der Waals surface area contributed by atoms with Gasteiger partial charge in [-0.25, -0.2) is 4.98 Å². The van der Waals surface area contributed by atoms with Crippen molar-refractivity contribution in [1.82, 2.24) is 4.98 Å². The second-order valence-corrected chi connectivity index (χ2v) is 5.78. The molecule has 0 spiro atoms. The molecule has 1 N–H and O–H groups in total. The average molecular weight is 334 g/mol. The van der Waals surface area contributed by atoms with Gasteiger partial charge in [0.2, 0.25) is 0 Å². The molecule has 0 bridgehead atoms. The van der Waals surface area contributed by atoms with E-state index in [2.05, 4.69) is 15.0 Å². The van der Waals surface area contributed by atoms with Crippen LogP contribution in [0.5, 0.6) is 5.75 Å². The molecule has 1 amide bonds. The summed E-state index contributed by atoms with van der Waals surface area (Å²) >= 11 is 1.27. The van der Waals surface area contributed by atoms with E-state index in [9.17, 15) is 9.59 Å². The highest BCUT2D eigenvalue weighted by Gasteiger charge is 2.14. The third-order valence-electron chi connectivity index (χ3n) is 3.07. The van der Waals surface area contributed by atoms with Gasteiger partial charge in [0.25, 0.3) is 5.91 Å². The number of aromatic nitrogens is 1. The summed E-state index contributed by atoms with van der Waals surface area (Å²) in [6.07, 6.45) is 0.152. The first-order valence-electron chi connectivity index (χ1n) is 7.10. The fourth-order valence-corrected chi connectivity index (χ4v) is 2.83. The molecule has 1 aromatic heterocycles. The van der Waals surface area contributed by atoms with E-state index in [1.165, 1.54) is 18.4 Å². The predicted molar refractivity (Wildman–Crippen MR) is 88.1 cm³/mol. The largest absolute Gasteiger partial charge is 0.494 e. The van der Waals surface area contributed by atoms with Crippen LogP contribution < -0.4 is 10.1 Å². The Bertz CT molecular complexity index is 695. The van der Waals surface area contributed by atoms with E-state index in [4.69, 9.17) is 4.74 Å². The van der Waals surface area contributed by atoms with Gasteiger partial charge in [0.05, 0.1) is 25.8 Å². The van der Waals surface area contributed by atoms with Gasteiger partial charge in [-0.1, -0.05) is 0 Å². The van der Waals surface area contributed by atoms with Gasteiger partial charge in [-0.3, -0.25) is 14.9 Å². The summed E-state index contributed by atoms with van der Waals surface area (Å²) in [5.74, 6) is 0.127. The Morgan fingerprint density at radius 2 is 1.96 bits per heavy atom. The minimum Gasteiger partial charge on any atom is -0.494 e. The number of nitrogens with one attached hydrogen (secondary N) is 1. The lowest BCUT2D eigenvalue weighted by atomic mass is 10.2. The first-order valence-corrected chi connectivity index (χ1v) is 7.92. The number of aryl methyl sites for hydroxylation is 1. The van der Waals surface area contributed by atoms with E-state index in [1.807, 2.05) is 6.92 Å². The van der Waals surface area contributed by atoms with E-state index >= 15 is 0 Å². The number of ether oxygens (including phenoxy) is 2. The molecule has 0 radical (unpaired) electrons. The summed E-state index contributed by atoms with van der Waals surface area (Å²) < 4.78 is 9.98. The van der Waals surface area contributed by atoms with Gasteiger partial charge in [-0.15, -0.1) is 11.3 Å². The first-order chi connectivity index (χ1) is 11.0. The standard InChI is InChI=1S/C16H18N2O4S/c1-4-22-12-7-5-11(6-8-12)15(20)18-16-17-10(2)13(23-16)9-14(19)21-3/h5-8H,4,9H2,1-3H3,(H,17,18,20). The third kappa shape index (κ3) is 4.53. The fraction of sp³-hybridized carbons (Fsp3) is 0.312. The second-order valence-electron chi connectivity index (χ2n) is 4.69. The van der Waals surface area contributed by atoms with Crippen LogP contribution in [0.1, 0.15) is 27.9 Å². The Balaban J connectivity index is 2.05. The molecule has 0 saturated carbocycles. The zero-order valence-electron chi connectivity index (χ0n) is 13.2. The number of esters is 1. The molecule has 122 valence electrons. The molecular formula is C16H18N2O4S. The Kier molecular flexibility index (Phi) is 5.70. The molecule has 0 unspecified atom stereocenters. The molecule has 0 fully saturated rings. The van der Waals surface area contributed by atoms with Crippen molar-refractivity contribution in [2.24, 2.45) is 0 Å². The Hall–Kier alpha value is -2.41. The number of rotatable bonds is 6. The topological polar surface area (TPSA) is 77.5 Å². The Morgan fingerprint density at radius 1 is 1.26 bits per heavy atom. The number of anilines is 1. The summed E-state index contributed by atoms with van der Waals surface area (Å²) in [6, 6.07) is 6.87. The number of hydrogen-bond donors (Lipinski definition) is 1. The van der Waals surface area contributed by atoms with Crippen molar-refractivity contribution in [2.45, 2.75) is 20.3 Å². The number of amides is 1. The number of carbonyl (C=O) groups excluding carboxylic acids is 2. The number of methoxy groups -OCH3 is 1. The van der Waals surface area contributed by atoms with Crippen LogP contribution in [-0.2, 0) is 16.0 Å². The molecule has 0 aliphatic rings. The minimum atomic E-state index is -0.332. The van der Waals surface area contributed by atoms with Crippen LogP contribution in [0.25, 0.3) is 0 Å². The van der Waals surface area contributed by atoms with Crippen molar-refractivity contribution in [1.29, 1.82) is 0 Å². The fourth-order valence-electron chi connectivity index (χ4n) is 1.89. The van der Waals surface area contributed by atoms with Gasteiger partial charge in [-0.05, 0) is 38.1 Å². The highest BCUT2D eigenvalue weighted by molar-refractivity contribution is 7.16. The predicted octanol–water partition coefficient (Wildman–Crippen LogP) is 2.82. The second kappa shape index (κ2) is 7.73. The number of carbonyl (C=O) groups is 2. The first kappa shape index (κ1) is 17.0. The van der Waals surface area contributed by atoms with E-state index in [1.54, 1.807) is 31.2 Å². The Labute approximate surface area is 138 Å². The highest BCUT2D eigenvalue weighted by Crippen LogP contribution is 2.24. The molecule has 0 aliphatic carbocycles. The van der Waals surface area contributed by atoms with E-state index in [0.717, 1.165) is 10.6 Å². The molecule has 1 heterocycles. The summed E-state index contributed by atoms with van der Waals surface area (Å²) in [4.78, 5) is 28.6. The van der Waals surface area contributed by atoms with Gasteiger partial charge in [0.1, 0.15) is 5.75 Å². The number of thiazole rings is 1. The third-order valence-corrected chi connectivity index (χ3v) is 4.15. The minimum absolute atomic E-state index is 0.152. The number of benzene rings is 1. The van der Waals surface area contributed by atoms with Crippen LogP contribution in [-0.4, -0.2) is 30.6 Å². The van der Waals surface area contributed by atoms with Gasteiger partial charge < -0.3 is 9.47 Å². The molecule has 0 saturated heterocycles. The van der Waals surface area contributed by atoms with Gasteiger partial charge in [-0.2, -0.15) is 0 Å². The Morgan fingerprint density at radius 3 is 2.57 bits per heavy atom. The van der Waals surface area contributed by atoms with Crippen LogP contribution in [0, 0.1) is 6.92 Å². The molecule has 1 aromatic carbocycles. The monoisotopic (exact) mass is 334 g/mol. The molecule has 6 nitrogen and oxygen atoms in total. The van der Waals surface area contributed by atoms with Crippen LogP contribution in [0.3, 0.4) is 0 Å². The SMILES string of the molecule is CCOc1ccc(C(=O)Nc2nc(C)c(CC(=O)OC)s2)cc1. The van der Waals surface area contributed by atoms with Crippen LogP contribution in [0.2, 0.25) is 0 Å². The molecule has 0 atom stereocenters. The molecule has 2 rings (SSSR count). The van der Waals surface area contributed by atoms with E-state index < -0.39 is 0 Å². The lowest BCUT2D eigenvalue weighted by Gasteiger charge is -2.04. The molecule has 2 aromatic rings. The van der Waals surface area contributed by atoms with E-state index in [-0.39, 0.29) is 18.3 Å². The van der Waals surface area contributed by atoms with Crippen molar-refractivity contribution < 1.29 is 19.1 Å². The van der Waals surface area contributed by atoms with Crippen LogP contribution in [0.15, 0.2) is 24.3 Å². The maximum absolute atomic E-state index is 12.2. The van der Waals surface area contributed by atoms with Crippen molar-refractivity contribution in [3.63, 3.8) is 0 Å². The van der Waals surface area contributed by atoms with Gasteiger partial charge in [0, 0.05) is 10.4 Å². The summed E-state index contributed by atoms with van der Waals surface area (Å²) in [6.45, 7) is 4.27. The van der Waals surface area contributed by atoms with Crippen molar-refractivity contribution in [3.8, 4) is 5.75 Å². The molecule has 23 heavy (non-hydrogen) atoms. The summed E-state index contributed by atoms with van der Waals surface area (Å²) in [5, 5.41) is 3.20. The average Bonchev–Trinajstić information content (AvgIpc) is 2.87. The molecular weight excluding hydrogens is 316 g/mol. The maximum atomic E-state index is 12.2. The van der Waals surface area contributed by atoms with E-state index in [0.29, 0.717) is 23.0 Å². The lowest BCUT2D eigenvalue weighted by Crippen LogP contribution is -2.11.